The van der Waals surface area contributed by atoms with Gasteiger partial charge in [-0.2, -0.15) is 0 Å². The fourth-order valence-corrected chi connectivity index (χ4v) is 1.55. The van der Waals surface area contributed by atoms with Crippen molar-refractivity contribution in [1.29, 1.82) is 0 Å². The first-order valence-electron chi connectivity index (χ1n) is 5.40. The number of rotatable bonds is 2. The Kier molecular flexibility index (Phi) is 3.37. The number of hydrogen-bond donors (Lipinski definition) is 1. The topological polar surface area (TPSA) is 29.1 Å². The third-order valence-corrected chi connectivity index (χ3v) is 2.54. The third-order valence-electron chi connectivity index (χ3n) is 2.54. The van der Waals surface area contributed by atoms with Gasteiger partial charge in [0.15, 0.2) is 0 Å². The summed E-state index contributed by atoms with van der Waals surface area (Å²) in [5.41, 5.74) is 0.795. The molecule has 2 aromatic rings. The summed E-state index contributed by atoms with van der Waals surface area (Å²) in [5, 5.41) is 2.51. The highest BCUT2D eigenvalue weighted by atomic mass is 19.1. The number of carbonyl (C=O) groups is 1. The molecule has 2 nitrogen and oxygen atoms in total. The predicted molar refractivity (Wildman–Crippen MR) is 65.5 cm³/mol. The highest BCUT2D eigenvalue weighted by molar-refractivity contribution is 6.04. The predicted octanol–water partition coefficient (Wildman–Crippen LogP) is 3.53. The van der Waals surface area contributed by atoms with Gasteiger partial charge in [-0.15, -0.1) is 0 Å². The first kappa shape index (κ1) is 12.2. The second-order valence-corrected chi connectivity index (χ2v) is 3.90. The van der Waals surface area contributed by atoms with Crippen molar-refractivity contribution in [1.82, 2.24) is 0 Å². The summed E-state index contributed by atoms with van der Waals surface area (Å²) < 4.78 is 26.4. The molecule has 0 unspecified atom stereocenters. The number of carbonyl (C=O) groups excluding carboxylic acids is 1. The normalized spacial score (nSPS) is 10.2. The molecule has 92 valence electrons. The van der Waals surface area contributed by atoms with Crippen LogP contribution >= 0.6 is 0 Å². The van der Waals surface area contributed by atoms with Crippen molar-refractivity contribution in [3.05, 3.63) is 65.2 Å². The fourth-order valence-electron chi connectivity index (χ4n) is 1.55. The van der Waals surface area contributed by atoms with Gasteiger partial charge in [0.1, 0.15) is 11.6 Å². The van der Waals surface area contributed by atoms with E-state index in [0.29, 0.717) is 11.3 Å². The number of amides is 1. The van der Waals surface area contributed by atoms with Gasteiger partial charge < -0.3 is 5.32 Å². The summed E-state index contributed by atoms with van der Waals surface area (Å²) >= 11 is 0. The van der Waals surface area contributed by atoms with E-state index in [2.05, 4.69) is 5.32 Å². The number of aryl methyl sites for hydroxylation is 1. The van der Waals surface area contributed by atoms with Gasteiger partial charge in [0, 0.05) is 5.69 Å². The van der Waals surface area contributed by atoms with Gasteiger partial charge in [0.25, 0.3) is 5.91 Å². The summed E-state index contributed by atoms with van der Waals surface area (Å²) in [6, 6.07) is 9.88. The van der Waals surface area contributed by atoms with Crippen LogP contribution in [0.25, 0.3) is 0 Å². The molecule has 0 aliphatic rings. The summed E-state index contributed by atoms with van der Waals surface area (Å²) in [6.45, 7) is 1.59. The minimum Gasteiger partial charge on any atom is -0.322 e. The number of anilines is 1. The van der Waals surface area contributed by atoms with Crippen LogP contribution in [0.15, 0.2) is 42.5 Å². The molecule has 4 heteroatoms. The van der Waals surface area contributed by atoms with Crippen LogP contribution in [-0.4, -0.2) is 5.91 Å². The Morgan fingerprint density at radius 2 is 1.72 bits per heavy atom. The molecule has 0 saturated carbocycles. The zero-order chi connectivity index (χ0) is 13.1. The standard InChI is InChI=1S/C14H11F2NO/c1-9-3-2-4-12(13(9)16)14(18)17-11-7-5-10(15)6-8-11/h2-8H,1H3,(H,17,18). The molecular weight excluding hydrogens is 236 g/mol. The monoisotopic (exact) mass is 247 g/mol. The molecule has 0 saturated heterocycles. The van der Waals surface area contributed by atoms with E-state index < -0.39 is 17.5 Å². The average Bonchev–Trinajstić information content (AvgIpc) is 2.35. The molecule has 0 aliphatic heterocycles. The van der Waals surface area contributed by atoms with Gasteiger partial charge in [0.2, 0.25) is 0 Å². The van der Waals surface area contributed by atoms with Crippen LogP contribution in [-0.2, 0) is 0 Å². The van der Waals surface area contributed by atoms with Crippen molar-refractivity contribution in [2.75, 3.05) is 5.32 Å². The zero-order valence-corrected chi connectivity index (χ0v) is 9.71. The van der Waals surface area contributed by atoms with E-state index in [-0.39, 0.29) is 5.56 Å². The zero-order valence-electron chi connectivity index (χ0n) is 9.71. The molecule has 0 radical (unpaired) electrons. The molecule has 0 heterocycles. The molecule has 0 aromatic heterocycles. The van der Waals surface area contributed by atoms with E-state index in [0.717, 1.165) is 0 Å². The second kappa shape index (κ2) is 4.96. The number of benzene rings is 2. The van der Waals surface area contributed by atoms with E-state index in [9.17, 15) is 13.6 Å². The van der Waals surface area contributed by atoms with E-state index in [1.165, 1.54) is 30.3 Å². The van der Waals surface area contributed by atoms with Crippen molar-refractivity contribution in [2.45, 2.75) is 6.92 Å². The smallest absolute Gasteiger partial charge is 0.258 e. The first-order chi connectivity index (χ1) is 8.58. The van der Waals surface area contributed by atoms with Gasteiger partial charge >= 0.3 is 0 Å². The van der Waals surface area contributed by atoms with E-state index in [4.69, 9.17) is 0 Å². The highest BCUT2D eigenvalue weighted by Gasteiger charge is 2.13. The van der Waals surface area contributed by atoms with E-state index >= 15 is 0 Å². The fraction of sp³-hybridized carbons (Fsp3) is 0.0714. The van der Waals surface area contributed by atoms with Gasteiger partial charge in [-0.05, 0) is 42.8 Å². The van der Waals surface area contributed by atoms with Crippen molar-refractivity contribution >= 4 is 11.6 Å². The van der Waals surface area contributed by atoms with E-state index in [1.807, 2.05) is 0 Å². The first-order valence-corrected chi connectivity index (χ1v) is 5.40. The second-order valence-electron chi connectivity index (χ2n) is 3.90. The Bertz CT molecular complexity index is 579. The largest absolute Gasteiger partial charge is 0.322 e. The Balaban J connectivity index is 2.22. The lowest BCUT2D eigenvalue weighted by molar-refractivity contribution is 0.102. The Morgan fingerprint density at radius 3 is 2.39 bits per heavy atom. The Morgan fingerprint density at radius 1 is 1.06 bits per heavy atom. The van der Waals surface area contributed by atoms with Crippen LogP contribution in [0.2, 0.25) is 0 Å². The molecule has 1 N–H and O–H groups in total. The summed E-state index contributed by atoms with van der Waals surface area (Å²) in [5.74, 6) is -1.49. The molecule has 1 amide bonds. The average molecular weight is 247 g/mol. The van der Waals surface area contributed by atoms with Crippen LogP contribution in [0.5, 0.6) is 0 Å². The minimum absolute atomic E-state index is 0.0284. The number of halogens is 2. The lowest BCUT2D eigenvalue weighted by Gasteiger charge is -2.07. The van der Waals surface area contributed by atoms with Gasteiger partial charge in [-0.25, -0.2) is 8.78 Å². The lowest BCUT2D eigenvalue weighted by Crippen LogP contribution is -2.14. The van der Waals surface area contributed by atoms with Crippen molar-refractivity contribution in [3.63, 3.8) is 0 Å². The van der Waals surface area contributed by atoms with Crippen molar-refractivity contribution < 1.29 is 13.6 Å². The quantitative estimate of drug-likeness (QED) is 0.864. The van der Waals surface area contributed by atoms with Crippen LogP contribution in [0.1, 0.15) is 15.9 Å². The van der Waals surface area contributed by atoms with Crippen LogP contribution in [0.4, 0.5) is 14.5 Å². The molecule has 2 rings (SSSR count). The third kappa shape index (κ3) is 2.53. The molecule has 0 aliphatic carbocycles. The Hall–Kier alpha value is -2.23. The summed E-state index contributed by atoms with van der Waals surface area (Å²) in [7, 11) is 0. The summed E-state index contributed by atoms with van der Waals surface area (Å²) in [6.07, 6.45) is 0. The number of hydrogen-bond acceptors (Lipinski definition) is 1. The van der Waals surface area contributed by atoms with Crippen molar-refractivity contribution in [2.24, 2.45) is 0 Å². The maximum absolute atomic E-state index is 13.7. The van der Waals surface area contributed by atoms with Gasteiger partial charge in [-0.1, -0.05) is 12.1 Å². The molecule has 18 heavy (non-hydrogen) atoms. The van der Waals surface area contributed by atoms with Gasteiger partial charge in [-0.3, -0.25) is 4.79 Å². The maximum Gasteiger partial charge on any atom is 0.258 e. The number of nitrogens with one attached hydrogen (secondary N) is 1. The molecular formula is C14H11F2NO. The van der Waals surface area contributed by atoms with Crippen molar-refractivity contribution in [3.8, 4) is 0 Å². The molecule has 0 spiro atoms. The highest BCUT2D eigenvalue weighted by Crippen LogP contribution is 2.15. The SMILES string of the molecule is Cc1cccc(C(=O)Nc2ccc(F)cc2)c1F. The lowest BCUT2D eigenvalue weighted by atomic mass is 10.1. The molecule has 2 aromatic carbocycles. The summed E-state index contributed by atoms with van der Waals surface area (Å²) in [4.78, 5) is 11.8. The molecule has 0 fully saturated rings. The molecule has 0 atom stereocenters. The van der Waals surface area contributed by atoms with Crippen LogP contribution < -0.4 is 5.32 Å². The maximum atomic E-state index is 13.7. The minimum atomic E-state index is -0.553. The molecule has 0 bridgehead atoms. The van der Waals surface area contributed by atoms with Crippen LogP contribution in [0, 0.1) is 18.6 Å². The Labute approximate surface area is 103 Å². The van der Waals surface area contributed by atoms with E-state index in [1.54, 1.807) is 19.1 Å². The van der Waals surface area contributed by atoms with Gasteiger partial charge in [0.05, 0.1) is 5.56 Å². The van der Waals surface area contributed by atoms with Crippen LogP contribution in [0.3, 0.4) is 0 Å².